The maximum absolute atomic E-state index is 11.8. The lowest BCUT2D eigenvalue weighted by molar-refractivity contribution is -0.140. The average Bonchev–Trinajstić information content (AvgIpc) is 2.23. The fourth-order valence-corrected chi connectivity index (χ4v) is 2.73. The predicted octanol–water partition coefficient (Wildman–Crippen LogP) is -0.0311. The third-order valence-corrected chi connectivity index (χ3v) is 3.79. The van der Waals surface area contributed by atoms with E-state index in [0.29, 0.717) is 13.1 Å². The molecule has 2 amide bonds. The molecule has 17 heavy (non-hydrogen) atoms. The lowest BCUT2D eigenvalue weighted by Gasteiger charge is -2.37. The van der Waals surface area contributed by atoms with Gasteiger partial charge in [0.15, 0.2) is 6.04 Å². The van der Waals surface area contributed by atoms with Crippen molar-refractivity contribution < 1.29 is 19.8 Å². The molecule has 3 N–H and O–H groups in total. The summed E-state index contributed by atoms with van der Waals surface area (Å²) in [6.07, 6.45) is 0. The van der Waals surface area contributed by atoms with Crippen LogP contribution >= 0.6 is 11.8 Å². The summed E-state index contributed by atoms with van der Waals surface area (Å²) in [5.74, 6) is -0.399. The van der Waals surface area contributed by atoms with Crippen LogP contribution in [0.3, 0.4) is 0 Å². The second-order valence-corrected chi connectivity index (χ2v) is 6.35. The van der Waals surface area contributed by atoms with Crippen molar-refractivity contribution in [3.8, 4) is 0 Å². The number of amides is 2. The summed E-state index contributed by atoms with van der Waals surface area (Å²) in [5, 5.41) is 19.9. The van der Waals surface area contributed by atoms with Gasteiger partial charge in [-0.3, -0.25) is 0 Å². The number of nitrogens with zero attached hydrogens (tertiary/aromatic N) is 1. The van der Waals surface area contributed by atoms with Gasteiger partial charge in [0.25, 0.3) is 0 Å². The molecule has 1 rings (SSSR count). The number of hydrogen-bond donors (Lipinski definition) is 3. The number of aliphatic carboxylic acids is 1. The zero-order chi connectivity index (χ0) is 13.1. The Hall–Kier alpha value is -0.950. The fourth-order valence-electron chi connectivity index (χ4n) is 1.62. The Morgan fingerprint density at radius 3 is 2.65 bits per heavy atom. The van der Waals surface area contributed by atoms with Crippen LogP contribution in [0.25, 0.3) is 0 Å². The number of thioether (sulfide) groups is 1. The molecule has 0 aromatic carbocycles. The smallest absolute Gasteiger partial charge is 0.328 e. The Bertz CT molecular complexity index is 309. The van der Waals surface area contributed by atoms with Crippen molar-refractivity contribution in [2.75, 3.05) is 25.4 Å². The third kappa shape index (κ3) is 4.08. The lowest BCUT2D eigenvalue weighted by Crippen LogP contribution is -2.54. The van der Waals surface area contributed by atoms with Gasteiger partial charge in [0, 0.05) is 23.6 Å². The largest absolute Gasteiger partial charge is 0.480 e. The van der Waals surface area contributed by atoms with Gasteiger partial charge < -0.3 is 20.4 Å². The van der Waals surface area contributed by atoms with Crippen molar-refractivity contribution >= 4 is 23.8 Å². The number of carbonyl (C=O) groups excluding carboxylic acids is 1. The number of aliphatic hydroxyl groups excluding tert-OH is 1. The second kappa shape index (κ2) is 5.59. The van der Waals surface area contributed by atoms with Crippen LogP contribution in [0.15, 0.2) is 0 Å². The Balaban J connectivity index is 2.55. The van der Waals surface area contributed by atoms with Gasteiger partial charge in [-0.1, -0.05) is 0 Å². The molecule has 1 unspecified atom stereocenters. The Morgan fingerprint density at radius 1 is 1.53 bits per heavy atom. The molecule has 0 aromatic rings. The summed E-state index contributed by atoms with van der Waals surface area (Å²) >= 11 is 1.79. The van der Waals surface area contributed by atoms with E-state index in [1.54, 1.807) is 16.7 Å². The molecule has 1 fully saturated rings. The number of rotatable bonds is 3. The summed E-state index contributed by atoms with van der Waals surface area (Å²) in [4.78, 5) is 24.1. The van der Waals surface area contributed by atoms with E-state index in [0.717, 1.165) is 5.75 Å². The molecular weight excluding hydrogens is 244 g/mol. The highest BCUT2D eigenvalue weighted by Gasteiger charge is 2.31. The molecule has 0 spiro atoms. The summed E-state index contributed by atoms with van der Waals surface area (Å²) < 4.78 is -0.0203. The van der Waals surface area contributed by atoms with Crippen molar-refractivity contribution in [3.63, 3.8) is 0 Å². The molecular formula is C10H18N2O4S. The zero-order valence-corrected chi connectivity index (χ0v) is 10.8. The molecule has 1 saturated heterocycles. The number of carboxylic acid groups (broad SMARTS) is 1. The number of aliphatic hydroxyl groups is 1. The Morgan fingerprint density at radius 2 is 2.18 bits per heavy atom. The van der Waals surface area contributed by atoms with E-state index in [4.69, 9.17) is 10.2 Å². The maximum Gasteiger partial charge on any atom is 0.328 e. The van der Waals surface area contributed by atoms with E-state index in [1.807, 2.05) is 13.8 Å². The summed E-state index contributed by atoms with van der Waals surface area (Å²) in [6.45, 7) is 4.64. The monoisotopic (exact) mass is 262 g/mol. The molecule has 1 atom stereocenters. The number of nitrogens with one attached hydrogen (secondary N) is 1. The van der Waals surface area contributed by atoms with Crippen molar-refractivity contribution in [3.05, 3.63) is 0 Å². The van der Waals surface area contributed by atoms with E-state index in [9.17, 15) is 9.59 Å². The van der Waals surface area contributed by atoms with Gasteiger partial charge in [-0.15, -0.1) is 0 Å². The summed E-state index contributed by atoms with van der Waals surface area (Å²) in [7, 11) is 0. The number of carboxylic acids is 1. The predicted molar refractivity (Wildman–Crippen MR) is 65.2 cm³/mol. The molecule has 1 heterocycles. The zero-order valence-electron chi connectivity index (χ0n) is 9.97. The molecule has 6 nitrogen and oxygen atoms in total. The first-order valence-electron chi connectivity index (χ1n) is 5.39. The van der Waals surface area contributed by atoms with Crippen LogP contribution in [0.4, 0.5) is 4.79 Å². The van der Waals surface area contributed by atoms with Gasteiger partial charge in [0.1, 0.15) is 0 Å². The van der Waals surface area contributed by atoms with Crippen LogP contribution in [0.5, 0.6) is 0 Å². The summed E-state index contributed by atoms with van der Waals surface area (Å²) in [6, 6.07) is -1.67. The molecule has 1 aliphatic rings. The second-order valence-electron chi connectivity index (χ2n) is 4.55. The Labute approximate surface area is 104 Å². The third-order valence-electron chi connectivity index (χ3n) is 2.49. The van der Waals surface area contributed by atoms with Crippen LogP contribution in [-0.4, -0.2) is 63.4 Å². The normalized spacial score (nSPS) is 20.8. The number of hydrogen-bond acceptors (Lipinski definition) is 4. The van der Waals surface area contributed by atoms with E-state index < -0.39 is 24.6 Å². The first-order valence-corrected chi connectivity index (χ1v) is 6.37. The number of urea groups is 1. The maximum atomic E-state index is 11.8. The average molecular weight is 262 g/mol. The molecule has 0 saturated carbocycles. The fraction of sp³-hybridized carbons (Fsp3) is 0.800. The molecule has 98 valence electrons. The minimum absolute atomic E-state index is 0.0203. The van der Waals surface area contributed by atoms with E-state index >= 15 is 0 Å². The quantitative estimate of drug-likeness (QED) is 0.664. The van der Waals surface area contributed by atoms with Gasteiger partial charge in [0.2, 0.25) is 0 Å². The van der Waals surface area contributed by atoms with Crippen molar-refractivity contribution in [1.82, 2.24) is 10.2 Å². The SMILES string of the molecule is CC1(C)CN(C(=O)NC(CO)C(=O)O)CCS1. The molecule has 1 aliphatic heterocycles. The van der Waals surface area contributed by atoms with Gasteiger partial charge in [-0.25, -0.2) is 9.59 Å². The minimum atomic E-state index is -1.24. The van der Waals surface area contributed by atoms with Crippen molar-refractivity contribution in [1.29, 1.82) is 0 Å². The lowest BCUT2D eigenvalue weighted by atomic mass is 10.2. The van der Waals surface area contributed by atoms with Crippen LogP contribution < -0.4 is 5.32 Å². The van der Waals surface area contributed by atoms with E-state index in [-0.39, 0.29) is 4.75 Å². The molecule has 0 bridgehead atoms. The minimum Gasteiger partial charge on any atom is -0.480 e. The van der Waals surface area contributed by atoms with Crippen molar-refractivity contribution in [2.24, 2.45) is 0 Å². The standard InChI is InChI=1S/C10H18N2O4S/c1-10(2)6-12(3-4-17-10)9(16)11-7(5-13)8(14)15/h7,13H,3-6H2,1-2H3,(H,11,16)(H,14,15). The van der Waals surface area contributed by atoms with E-state index in [2.05, 4.69) is 5.32 Å². The van der Waals surface area contributed by atoms with E-state index in [1.165, 1.54) is 0 Å². The first-order chi connectivity index (χ1) is 7.85. The highest BCUT2D eigenvalue weighted by Crippen LogP contribution is 2.29. The highest BCUT2D eigenvalue weighted by atomic mass is 32.2. The van der Waals surface area contributed by atoms with Crippen LogP contribution in [-0.2, 0) is 4.79 Å². The van der Waals surface area contributed by atoms with Crippen LogP contribution in [0.2, 0.25) is 0 Å². The molecule has 0 aliphatic carbocycles. The topological polar surface area (TPSA) is 89.9 Å². The molecule has 0 radical (unpaired) electrons. The van der Waals surface area contributed by atoms with Crippen molar-refractivity contribution in [2.45, 2.75) is 24.6 Å². The van der Waals surface area contributed by atoms with Gasteiger partial charge >= 0.3 is 12.0 Å². The van der Waals surface area contributed by atoms with Crippen LogP contribution in [0.1, 0.15) is 13.8 Å². The van der Waals surface area contributed by atoms with Gasteiger partial charge in [-0.05, 0) is 13.8 Å². The molecule has 7 heteroatoms. The van der Waals surface area contributed by atoms with Crippen LogP contribution in [0, 0.1) is 0 Å². The first kappa shape index (κ1) is 14.1. The number of carbonyl (C=O) groups is 2. The highest BCUT2D eigenvalue weighted by molar-refractivity contribution is 8.00. The van der Waals surface area contributed by atoms with Gasteiger partial charge in [0.05, 0.1) is 6.61 Å². The summed E-state index contributed by atoms with van der Waals surface area (Å²) in [5.41, 5.74) is 0. The molecule has 0 aromatic heterocycles. The van der Waals surface area contributed by atoms with Gasteiger partial charge in [-0.2, -0.15) is 11.8 Å². The Kier molecular flexibility index (Phi) is 4.64.